The molecule has 0 bridgehead atoms. The lowest BCUT2D eigenvalue weighted by molar-refractivity contribution is 0.567. The zero-order valence-electron chi connectivity index (χ0n) is 10.4. The maximum absolute atomic E-state index is 4.98. The Morgan fingerprint density at radius 1 is 1.31 bits per heavy atom. The molecule has 0 unspecified atom stereocenters. The van der Waals surface area contributed by atoms with Crippen LogP contribution in [0.5, 0.6) is 0 Å². The topological polar surface area (TPSA) is 13.1 Å². The molecule has 1 nitrogen and oxygen atoms in total. The van der Waals surface area contributed by atoms with E-state index >= 15 is 0 Å². The molecule has 1 aromatic heterocycles. The van der Waals surface area contributed by atoms with Gasteiger partial charge in [-0.2, -0.15) is 0 Å². The van der Waals surface area contributed by atoms with Crippen LogP contribution >= 0.6 is 0 Å². The van der Waals surface area contributed by atoms with E-state index in [4.69, 9.17) is 4.42 Å². The second kappa shape index (κ2) is 6.89. The summed E-state index contributed by atoms with van der Waals surface area (Å²) in [5, 5.41) is 0. The normalized spacial score (nSPS) is 12.1. The molecular weight excluding hydrogens is 196 g/mol. The summed E-state index contributed by atoms with van der Waals surface area (Å²) in [4.78, 5) is 0. The molecule has 0 atom stereocenters. The van der Waals surface area contributed by atoms with Crippen molar-refractivity contribution in [3.05, 3.63) is 53.5 Å². The minimum absolute atomic E-state index is 1.10. The Kier molecular flexibility index (Phi) is 5.41. The van der Waals surface area contributed by atoms with Gasteiger partial charge in [0.05, 0.1) is 12.5 Å². The van der Waals surface area contributed by atoms with E-state index in [-0.39, 0.29) is 0 Å². The van der Waals surface area contributed by atoms with E-state index < -0.39 is 0 Å². The molecule has 0 aliphatic rings. The van der Waals surface area contributed by atoms with Gasteiger partial charge in [0.25, 0.3) is 0 Å². The summed E-state index contributed by atoms with van der Waals surface area (Å²) < 4.78 is 4.98. The van der Waals surface area contributed by atoms with Crippen LogP contribution in [0, 0.1) is 0 Å². The molecule has 1 rings (SSSR count). The van der Waals surface area contributed by atoms with Gasteiger partial charge in [-0.3, -0.25) is 0 Å². The Hall–Kier alpha value is -1.50. The highest BCUT2D eigenvalue weighted by Gasteiger charge is 1.88. The van der Waals surface area contributed by atoms with Crippen LogP contribution in [0.2, 0.25) is 0 Å². The zero-order chi connectivity index (χ0) is 11.8. The summed E-state index contributed by atoms with van der Waals surface area (Å²) in [5.41, 5.74) is 3.90. The Morgan fingerprint density at radius 3 is 2.75 bits per heavy atom. The van der Waals surface area contributed by atoms with Gasteiger partial charge in [-0.25, -0.2) is 0 Å². The summed E-state index contributed by atoms with van der Waals surface area (Å²) in [7, 11) is 0. The van der Waals surface area contributed by atoms with E-state index in [1.54, 1.807) is 12.5 Å². The van der Waals surface area contributed by atoms with E-state index in [0.717, 1.165) is 18.4 Å². The molecule has 0 saturated heterocycles. The van der Waals surface area contributed by atoms with Crippen molar-refractivity contribution >= 4 is 6.08 Å². The van der Waals surface area contributed by atoms with Gasteiger partial charge in [-0.15, -0.1) is 0 Å². The third-order valence-corrected chi connectivity index (χ3v) is 2.30. The molecule has 1 aromatic rings. The minimum atomic E-state index is 1.10. The highest BCUT2D eigenvalue weighted by atomic mass is 16.3. The molecule has 1 heteroatoms. The van der Waals surface area contributed by atoms with Crippen molar-refractivity contribution in [2.45, 2.75) is 33.6 Å². The monoisotopic (exact) mass is 216 g/mol. The van der Waals surface area contributed by atoms with Crippen molar-refractivity contribution in [2.24, 2.45) is 0 Å². The third kappa shape index (κ3) is 5.40. The lowest BCUT2D eigenvalue weighted by Gasteiger charge is -1.96. The van der Waals surface area contributed by atoms with E-state index in [1.807, 2.05) is 12.1 Å². The molecule has 16 heavy (non-hydrogen) atoms. The third-order valence-electron chi connectivity index (χ3n) is 2.30. The average molecular weight is 216 g/mol. The number of hydrogen-bond donors (Lipinski definition) is 0. The summed E-state index contributed by atoms with van der Waals surface area (Å²) in [6.45, 7) is 6.44. The van der Waals surface area contributed by atoms with E-state index in [1.165, 1.54) is 11.1 Å². The molecule has 0 aliphatic carbocycles. The van der Waals surface area contributed by atoms with E-state index in [9.17, 15) is 0 Å². The fourth-order valence-corrected chi connectivity index (χ4v) is 1.37. The Balaban J connectivity index is 2.36. The van der Waals surface area contributed by atoms with Gasteiger partial charge >= 0.3 is 0 Å². The summed E-state index contributed by atoms with van der Waals surface area (Å²) in [6, 6.07) is 1.95. The van der Waals surface area contributed by atoms with Crippen LogP contribution < -0.4 is 0 Å². The lowest BCUT2D eigenvalue weighted by Crippen LogP contribution is -1.75. The Bertz CT molecular complexity index is 374. The molecule has 0 aliphatic heterocycles. The van der Waals surface area contributed by atoms with Crippen LogP contribution in [0.3, 0.4) is 0 Å². The standard InChI is InChI=1S/C15H20O/c1-13(2)6-4-7-14(3)8-5-9-15-10-11-16-12-15/h5-6,8-12H,4,7H2,1-3H3/b9-5+,14-8+. The van der Waals surface area contributed by atoms with Crippen molar-refractivity contribution in [2.75, 3.05) is 0 Å². The SMILES string of the molecule is CC(C)=CCC/C(C)=C/C=C/c1ccoc1. The van der Waals surface area contributed by atoms with Crippen molar-refractivity contribution in [1.29, 1.82) is 0 Å². The first-order valence-electron chi connectivity index (χ1n) is 5.68. The average Bonchev–Trinajstić information content (AvgIpc) is 2.70. The van der Waals surface area contributed by atoms with E-state index in [0.29, 0.717) is 0 Å². The quantitative estimate of drug-likeness (QED) is 0.499. The number of hydrogen-bond acceptors (Lipinski definition) is 1. The molecule has 0 radical (unpaired) electrons. The lowest BCUT2D eigenvalue weighted by atomic mass is 10.1. The molecule has 86 valence electrons. The molecule has 1 heterocycles. The molecule has 0 N–H and O–H groups in total. The van der Waals surface area contributed by atoms with Crippen LogP contribution in [0.15, 0.2) is 52.4 Å². The predicted octanol–water partition coefficient (Wildman–Crippen LogP) is 4.99. The van der Waals surface area contributed by atoms with Gasteiger partial charge in [0.15, 0.2) is 0 Å². The minimum Gasteiger partial charge on any atom is -0.472 e. The van der Waals surface area contributed by atoms with Crippen LogP contribution in [-0.4, -0.2) is 0 Å². The maximum atomic E-state index is 4.98. The first-order chi connectivity index (χ1) is 7.68. The van der Waals surface area contributed by atoms with Crippen LogP contribution in [0.1, 0.15) is 39.2 Å². The van der Waals surface area contributed by atoms with Crippen LogP contribution in [0.25, 0.3) is 6.08 Å². The zero-order valence-corrected chi connectivity index (χ0v) is 10.4. The van der Waals surface area contributed by atoms with Crippen LogP contribution in [-0.2, 0) is 0 Å². The first kappa shape index (κ1) is 12.6. The molecule has 0 aromatic carbocycles. The van der Waals surface area contributed by atoms with Gasteiger partial charge in [0.2, 0.25) is 0 Å². The molecule has 0 amide bonds. The fraction of sp³-hybridized carbons (Fsp3) is 0.333. The highest BCUT2D eigenvalue weighted by Crippen LogP contribution is 2.08. The molecule has 0 spiro atoms. The summed E-state index contributed by atoms with van der Waals surface area (Å²) in [6.07, 6.45) is 14.2. The van der Waals surface area contributed by atoms with Gasteiger partial charge in [0, 0.05) is 5.56 Å². The largest absolute Gasteiger partial charge is 0.472 e. The summed E-state index contributed by atoms with van der Waals surface area (Å²) >= 11 is 0. The van der Waals surface area contributed by atoms with E-state index in [2.05, 4.69) is 39.0 Å². The molecule has 0 saturated carbocycles. The maximum Gasteiger partial charge on any atom is 0.0974 e. The molecule has 0 fully saturated rings. The van der Waals surface area contributed by atoms with Crippen molar-refractivity contribution < 1.29 is 4.42 Å². The molecular formula is C15H20O. The second-order valence-corrected chi connectivity index (χ2v) is 4.25. The van der Waals surface area contributed by atoms with Gasteiger partial charge in [-0.1, -0.05) is 35.5 Å². The van der Waals surface area contributed by atoms with Gasteiger partial charge in [-0.05, 0) is 39.7 Å². The fourth-order valence-electron chi connectivity index (χ4n) is 1.37. The number of rotatable bonds is 5. The Labute approximate surface area is 98.2 Å². The smallest absolute Gasteiger partial charge is 0.0974 e. The Morgan fingerprint density at radius 2 is 2.12 bits per heavy atom. The predicted molar refractivity (Wildman–Crippen MR) is 70.2 cm³/mol. The first-order valence-corrected chi connectivity index (χ1v) is 5.68. The number of allylic oxidation sites excluding steroid dienone is 5. The van der Waals surface area contributed by atoms with Crippen molar-refractivity contribution in [3.8, 4) is 0 Å². The highest BCUT2D eigenvalue weighted by molar-refractivity contribution is 5.49. The number of furan rings is 1. The second-order valence-electron chi connectivity index (χ2n) is 4.25. The van der Waals surface area contributed by atoms with Crippen molar-refractivity contribution in [1.82, 2.24) is 0 Å². The van der Waals surface area contributed by atoms with Crippen LogP contribution in [0.4, 0.5) is 0 Å². The van der Waals surface area contributed by atoms with Gasteiger partial charge < -0.3 is 4.42 Å². The van der Waals surface area contributed by atoms with Gasteiger partial charge in [0.1, 0.15) is 0 Å². The summed E-state index contributed by atoms with van der Waals surface area (Å²) in [5.74, 6) is 0. The van der Waals surface area contributed by atoms with Crippen molar-refractivity contribution in [3.63, 3.8) is 0 Å².